The Morgan fingerprint density at radius 3 is 2.75 bits per heavy atom. The summed E-state index contributed by atoms with van der Waals surface area (Å²) in [5.74, 6) is -0.312. The van der Waals surface area contributed by atoms with Crippen LogP contribution in [0.15, 0.2) is 36.4 Å². The summed E-state index contributed by atoms with van der Waals surface area (Å²) in [6.45, 7) is 1.60. The average molecular weight is 216 g/mol. The van der Waals surface area contributed by atoms with Crippen molar-refractivity contribution >= 4 is 16.7 Å². The second-order valence-electron chi connectivity index (χ2n) is 3.62. The van der Waals surface area contributed by atoms with Crippen LogP contribution in [-0.4, -0.2) is 17.7 Å². The number of fused-ring (bicyclic) bond motifs is 1. The number of carbonyl (C=O) groups is 1. The minimum absolute atomic E-state index is 0.311. The van der Waals surface area contributed by atoms with Gasteiger partial charge >= 0.3 is 5.97 Å². The first kappa shape index (κ1) is 10.5. The maximum absolute atomic E-state index is 10.5. The number of benzene rings is 2. The largest absolute Gasteiger partial charge is 0.481 e. The van der Waals surface area contributed by atoms with Crippen LogP contribution in [0, 0.1) is 6.92 Å². The van der Waals surface area contributed by atoms with E-state index in [2.05, 4.69) is 0 Å². The molecule has 0 spiro atoms. The predicted octanol–water partition coefficient (Wildman–Crippen LogP) is 2.61. The van der Waals surface area contributed by atoms with Gasteiger partial charge in [-0.2, -0.15) is 0 Å². The van der Waals surface area contributed by atoms with Gasteiger partial charge in [-0.25, -0.2) is 4.79 Å². The quantitative estimate of drug-likeness (QED) is 0.857. The van der Waals surface area contributed by atoms with Gasteiger partial charge in [0, 0.05) is 5.39 Å². The Morgan fingerprint density at radius 2 is 2.00 bits per heavy atom. The predicted molar refractivity (Wildman–Crippen MR) is 61.8 cm³/mol. The van der Waals surface area contributed by atoms with E-state index in [0.29, 0.717) is 5.75 Å². The third kappa shape index (κ3) is 1.98. The number of aryl methyl sites for hydroxylation is 1. The molecule has 3 heteroatoms. The van der Waals surface area contributed by atoms with Crippen molar-refractivity contribution in [2.75, 3.05) is 6.61 Å². The van der Waals surface area contributed by atoms with Crippen LogP contribution in [0.1, 0.15) is 5.56 Å². The molecular weight excluding hydrogens is 204 g/mol. The number of ether oxygens (including phenoxy) is 1. The summed E-state index contributed by atoms with van der Waals surface area (Å²) in [5, 5.41) is 10.6. The van der Waals surface area contributed by atoms with E-state index in [1.54, 1.807) is 0 Å². The second kappa shape index (κ2) is 4.23. The van der Waals surface area contributed by atoms with Crippen molar-refractivity contribution in [2.24, 2.45) is 0 Å². The SMILES string of the molecule is Cc1ccc2ccccc2c1OCC(=O)O. The number of hydrogen-bond donors (Lipinski definition) is 1. The number of carboxylic acids is 1. The Bertz CT molecular complexity index is 532. The van der Waals surface area contributed by atoms with Crippen LogP contribution in [-0.2, 0) is 4.79 Å². The van der Waals surface area contributed by atoms with Crippen molar-refractivity contribution in [3.63, 3.8) is 0 Å². The maximum atomic E-state index is 10.5. The normalized spacial score (nSPS) is 10.3. The van der Waals surface area contributed by atoms with E-state index in [-0.39, 0.29) is 6.61 Å². The monoisotopic (exact) mass is 216 g/mol. The number of aliphatic carboxylic acids is 1. The molecule has 0 aliphatic carbocycles. The first-order chi connectivity index (χ1) is 7.68. The average Bonchev–Trinajstić information content (AvgIpc) is 2.27. The topological polar surface area (TPSA) is 46.5 Å². The third-order valence-corrected chi connectivity index (χ3v) is 2.42. The fourth-order valence-corrected chi connectivity index (χ4v) is 1.68. The number of hydrogen-bond acceptors (Lipinski definition) is 2. The van der Waals surface area contributed by atoms with Crippen LogP contribution in [0.3, 0.4) is 0 Å². The molecule has 2 rings (SSSR count). The summed E-state index contributed by atoms with van der Waals surface area (Å²) in [5.41, 5.74) is 0.944. The molecule has 0 fully saturated rings. The zero-order valence-corrected chi connectivity index (χ0v) is 8.93. The van der Waals surface area contributed by atoms with Gasteiger partial charge in [-0.3, -0.25) is 0 Å². The van der Waals surface area contributed by atoms with Gasteiger partial charge in [-0.05, 0) is 17.9 Å². The van der Waals surface area contributed by atoms with Crippen molar-refractivity contribution in [3.8, 4) is 5.75 Å². The summed E-state index contributed by atoms with van der Waals surface area (Å²) >= 11 is 0. The fourth-order valence-electron chi connectivity index (χ4n) is 1.68. The zero-order chi connectivity index (χ0) is 11.5. The first-order valence-corrected chi connectivity index (χ1v) is 5.01. The molecule has 1 N–H and O–H groups in total. The van der Waals surface area contributed by atoms with E-state index < -0.39 is 5.97 Å². The molecular formula is C13H12O3. The van der Waals surface area contributed by atoms with Crippen LogP contribution in [0.2, 0.25) is 0 Å². The molecule has 0 atom stereocenters. The lowest BCUT2D eigenvalue weighted by Crippen LogP contribution is -2.10. The van der Waals surface area contributed by atoms with Crippen LogP contribution in [0.25, 0.3) is 10.8 Å². The van der Waals surface area contributed by atoms with E-state index in [0.717, 1.165) is 16.3 Å². The van der Waals surface area contributed by atoms with Gasteiger partial charge in [0.05, 0.1) is 0 Å². The molecule has 0 heterocycles. The highest BCUT2D eigenvalue weighted by atomic mass is 16.5. The molecule has 0 bridgehead atoms. The molecule has 0 saturated heterocycles. The second-order valence-corrected chi connectivity index (χ2v) is 3.62. The van der Waals surface area contributed by atoms with Crippen LogP contribution < -0.4 is 4.74 Å². The van der Waals surface area contributed by atoms with E-state index in [9.17, 15) is 4.79 Å². The summed E-state index contributed by atoms with van der Waals surface area (Å²) < 4.78 is 5.31. The molecule has 0 saturated carbocycles. The van der Waals surface area contributed by atoms with Crippen molar-refractivity contribution < 1.29 is 14.6 Å². The third-order valence-electron chi connectivity index (χ3n) is 2.42. The van der Waals surface area contributed by atoms with Crippen LogP contribution in [0.5, 0.6) is 5.75 Å². The Morgan fingerprint density at radius 1 is 1.25 bits per heavy atom. The smallest absolute Gasteiger partial charge is 0.341 e. The molecule has 2 aromatic rings. The highest BCUT2D eigenvalue weighted by Crippen LogP contribution is 2.29. The standard InChI is InChI=1S/C13H12O3/c1-9-6-7-10-4-2-3-5-11(10)13(9)16-8-12(14)15/h2-7H,8H2,1H3,(H,14,15). The molecule has 3 nitrogen and oxygen atoms in total. The Hall–Kier alpha value is -2.03. The fraction of sp³-hybridized carbons (Fsp3) is 0.154. The highest BCUT2D eigenvalue weighted by molar-refractivity contribution is 5.89. The van der Waals surface area contributed by atoms with Gasteiger partial charge in [0.1, 0.15) is 5.75 Å². The lowest BCUT2D eigenvalue weighted by atomic mass is 10.1. The van der Waals surface area contributed by atoms with Crippen molar-refractivity contribution in [1.82, 2.24) is 0 Å². The molecule has 0 aliphatic heterocycles. The molecule has 0 amide bonds. The van der Waals surface area contributed by atoms with E-state index in [4.69, 9.17) is 9.84 Å². The lowest BCUT2D eigenvalue weighted by Gasteiger charge is -2.10. The minimum Gasteiger partial charge on any atom is -0.481 e. The maximum Gasteiger partial charge on any atom is 0.341 e. The lowest BCUT2D eigenvalue weighted by molar-refractivity contribution is -0.139. The van der Waals surface area contributed by atoms with Gasteiger partial charge in [0.2, 0.25) is 0 Å². The Balaban J connectivity index is 2.48. The summed E-state index contributed by atoms with van der Waals surface area (Å²) in [6, 6.07) is 11.7. The van der Waals surface area contributed by atoms with Gasteiger partial charge in [-0.15, -0.1) is 0 Å². The summed E-state index contributed by atoms with van der Waals surface area (Å²) in [6.07, 6.45) is 0. The Labute approximate surface area is 93.3 Å². The number of rotatable bonds is 3. The molecule has 0 radical (unpaired) electrons. The summed E-state index contributed by atoms with van der Waals surface area (Å²) in [4.78, 5) is 10.5. The van der Waals surface area contributed by atoms with Crippen LogP contribution in [0.4, 0.5) is 0 Å². The van der Waals surface area contributed by atoms with Gasteiger partial charge in [0.25, 0.3) is 0 Å². The highest BCUT2D eigenvalue weighted by Gasteiger charge is 2.07. The van der Waals surface area contributed by atoms with Gasteiger partial charge in [0.15, 0.2) is 6.61 Å². The molecule has 0 aliphatic rings. The van der Waals surface area contributed by atoms with Crippen molar-refractivity contribution in [1.29, 1.82) is 0 Å². The van der Waals surface area contributed by atoms with Crippen molar-refractivity contribution in [3.05, 3.63) is 42.0 Å². The Kier molecular flexibility index (Phi) is 2.77. The van der Waals surface area contributed by atoms with Gasteiger partial charge in [-0.1, -0.05) is 36.4 Å². The zero-order valence-electron chi connectivity index (χ0n) is 8.93. The first-order valence-electron chi connectivity index (χ1n) is 5.01. The van der Waals surface area contributed by atoms with Crippen LogP contribution >= 0.6 is 0 Å². The van der Waals surface area contributed by atoms with Crippen molar-refractivity contribution in [2.45, 2.75) is 6.92 Å². The molecule has 0 aromatic heterocycles. The summed E-state index contributed by atoms with van der Waals surface area (Å²) in [7, 11) is 0. The number of carboxylic acid groups (broad SMARTS) is 1. The van der Waals surface area contributed by atoms with E-state index in [1.165, 1.54) is 0 Å². The van der Waals surface area contributed by atoms with Gasteiger partial charge < -0.3 is 9.84 Å². The molecule has 0 unspecified atom stereocenters. The molecule has 2 aromatic carbocycles. The molecule has 16 heavy (non-hydrogen) atoms. The molecule has 82 valence electrons. The van der Waals surface area contributed by atoms with E-state index >= 15 is 0 Å². The van der Waals surface area contributed by atoms with E-state index in [1.807, 2.05) is 43.3 Å². The minimum atomic E-state index is -0.965.